The smallest absolute Gasteiger partial charge is 0.320 e. The summed E-state index contributed by atoms with van der Waals surface area (Å²) in [6.07, 6.45) is 1.47. The van der Waals surface area contributed by atoms with Gasteiger partial charge in [0.15, 0.2) is 11.5 Å². The van der Waals surface area contributed by atoms with Gasteiger partial charge in [-0.25, -0.2) is 0 Å². The lowest BCUT2D eigenvalue weighted by molar-refractivity contribution is -0.142. The van der Waals surface area contributed by atoms with E-state index in [1.165, 1.54) is 0 Å². The Morgan fingerprint density at radius 1 is 1.04 bits per heavy atom. The molecule has 1 aliphatic rings. The molecule has 0 radical (unpaired) electrons. The number of carboxylic acids is 1. The van der Waals surface area contributed by atoms with Crippen LogP contribution in [0.25, 0.3) is 0 Å². The molecule has 1 fully saturated rings. The molecule has 0 bridgehead atoms. The van der Waals surface area contributed by atoms with Crippen LogP contribution < -0.4 is 14.2 Å². The molecule has 2 aromatic rings. The first-order chi connectivity index (χ1) is 13.5. The number of benzene rings is 2. The molecule has 2 atom stereocenters. The summed E-state index contributed by atoms with van der Waals surface area (Å²) in [5, 5.41) is 9.79. The van der Waals surface area contributed by atoms with E-state index >= 15 is 0 Å². The summed E-state index contributed by atoms with van der Waals surface area (Å²) in [4.78, 5) is 14.0. The zero-order chi connectivity index (χ0) is 20.3. The van der Waals surface area contributed by atoms with Crippen molar-refractivity contribution >= 4 is 5.97 Å². The number of ether oxygens (including phenoxy) is 3. The van der Waals surface area contributed by atoms with E-state index in [1.54, 1.807) is 27.4 Å². The van der Waals surface area contributed by atoms with Crippen LogP contribution in [0.1, 0.15) is 35.6 Å². The molecule has 0 aromatic heterocycles. The first-order valence-corrected chi connectivity index (χ1v) is 9.35. The molecule has 2 aromatic carbocycles. The Kier molecular flexibility index (Phi) is 6.09. The van der Waals surface area contributed by atoms with Crippen molar-refractivity contribution in [2.24, 2.45) is 0 Å². The van der Waals surface area contributed by atoms with Gasteiger partial charge in [0.2, 0.25) is 0 Å². The zero-order valence-corrected chi connectivity index (χ0v) is 16.8. The molecule has 150 valence electrons. The van der Waals surface area contributed by atoms with Gasteiger partial charge in [0.1, 0.15) is 11.8 Å². The molecule has 1 N–H and O–H groups in total. The summed E-state index contributed by atoms with van der Waals surface area (Å²) < 4.78 is 16.6. The number of hydrogen-bond acceptors (Lipinski definition) is 5. The van der Waals surface area contributed by atoms with Gasteiger partial charge in [-0.1, -0.05) is 24.3 Å². The van der Waals surface area contributed by atoms with Crippen molar-refractivity contribution in [1.29, 1.82) is 0 Å². The van der Waals surface area contributed by atoms with Crippen LogP contribution in [0.2, 0.25) is 0 Å². The SMILES string of the molecule is COc1cc(OC)c(C(c2ccccc2C)N2CCCC2C(=O)O)cc1OC. The van der Waals surface area contributed by atoms with E-state index in [4.69, 9.17) is 14.2 Å². The molecular formula is C22H27NO5. The third-order valence-corrected chi connectivity index (χ3v) is 5.42. The van der Waals surface area contributed by atoms with Gasteiger partial charge in [0.25, 0.3) is 0 Å². The minimum absolute atomic E-state index is 0.264. The van der Waals surface area contributed by atoms with Crippen LogP contribution in [0.4, 0.5) is 0 Å². The highest BCUT2D eigenvalue weighted by Gasteiger charge is 2.38. The van der Waals surface area contributed by atoms with Crippen LogP contribution in [0, 0.1) is 6.92 Å². The van der Waals surface area contributed by atoms with E-state index in [9.17, 15) is 9.90 Å². The van der Waals surface area contributed by atoms with Crippen LogP contribution in [-0.2, 0) is 4.79 Å². The predicted octanol–water partition coefficient (Wildman–Crippen LogP) is 3.66. The lowest BCUT2D eigenvalue weighted by Gasteiger charge is -2.34. The average molecular weight is 385 g/mol. The summed E-state index contributed by atoms with van der Waals surface area (Å²) in [5.74, 6) is 1.00. The minimum atomic E-state index is -0.796. The lowest BCUT2D eigenvalue weighted by Crippen LogP contribution is -2.39. The van der Waals surface area contributed by atoms with Crippen LogP contribution in [-0.4, -0.2) is 49.9 Å². The lowest BCUT2D eigenvalue weighted by atomic mass is 9.92. The van der Waals surface area contributed by atoms with E-state index in [2.05, 4.69) is 4.90 Å². The Morgan fingerprint density at radius 2 is 1.68 bits per heavy atom. The number of carboxylic acid groups (broad SMARTS) is 1. The Hall–Kier alpha value is -2.73. The molecule has 1 heterocycles. The number of hydrogen-bond donors (Lipinski definition) is 1. The summed E-state index contributed by atoms with van der Waals surface area (Å²) in [7, 11) is 4.78. The number of methoxy groups -OCH3 is 3. The molecule has 28 heavy (non-hydrogen) atoms. The molecule has 1 saturated heterocycles. The standard InChI is InChI=1S/C22H27NO5/c1-14-8-5-6-9-15(14)21(23-11-7-10-17(23)22(24)25)16-12-19(27-3)20(28-4)13-18(16)26-2/h5-6,8-9,12-13,17,21H,7,10-11H2,1-4H3,(H,24,25). The molecule has 6 heteroatoms. The van der Waals surface area contributed by atoms with Gasteiger partial charge in [0.05, 0.1) is 27.4 Å². The molecule has 2 unspecified atom stereocenters. The van der Waals surface area contributed by atoms with Crippen molar-refractivity contribution in [2.75, 3.05) is 27.9 Å². The van der Waals surface area contributed by atoms with E-state index in [1.807, 2.05) is 37.3 Å². The predicted molar refractivity (Wildman–Crippen MR) is 106 cm³/mol. The van der Waals surface area contributed by atoms with Gasteiger partial charge in [-0.2, -0.15) is 0 Å². The summed E-state index contributed by atoms with van der Waals surface area (Å²) >= 11 is 0. The van der Waals surface area contributed by atoms with Crippen LogP contribution in [0.5, 0.6) is 17.2 Å². The average Bonchev–Trinajstić information content (AvgIpc) is 3.19. The zero-order valence-electron chi connectivity index (χ0n) is 16.8. The number of aliphatic carboxylic acids is 1. The number of likely N-dealkylation sites (tertiary alicyclic amines) is 1. The summed E-state index contributed by atoms with van der Waals surface area (Å²) in [5.41, 5.74) is 3.02. The Balaban J connectivity index is 2.23. The van der Waals surface area contributed by atoms with Crippen molar-refractivity contribution in [2.45, 2.75) is 31.8 Å². The molecular weight excluding hydrogens is 358 g/mol. The van der Waals surface area contributed by atoms with Crippen LogP contribution >= 0.6 is 0 Å². The van der Waals surface area contributed by atoms with E-state index in [0.29, 0.717) is 30.2 Å². The molecule has 0 saturated carbocycles. The van der Waals surface area contributed by atoms with Crippen molar-refractivity contribution in [3.8, 4) is 17.2 Å². The topological polar surface area (TPSA) is 68.2 Å². The summed E-state index contributed by atoms with van der Waals surface area (Å²) in [6, 6.07) is 10.9. The number of rotatable bonds is 7. The highest BCUT2D eigenvalue weighted by atomic mass is 16.5. The fourth-order valence-electron chi connectivity index (χ4n) is 4.05. The fraction of sp³-hybridized carbons (Fsp3) is 0.409. The quantitative estimate of drug-likeness (QED) is 0.785. The Morgan fingerprint density at radius 3 is 2.29 bits per heavy atom. The van der Waals surface area contributed by atoms with E-state index in [-0.39, 0.29) is 6.04 Å². The van der Waals surface area contributed by atoms with Gasteiger partial charge < -0.3 is 19.3 Å². The van der Waals surface area contributed by atoms with Crippen molar-refractivity contribution in [3.05, 3.63) is 53.1 Å². The number of nitrogens with zero attached hydrogens (tertiary/aromatic N) is 1. The highest BCUT2D eigenvalue weighted by Crippen LogP contribution is 2.44. The first kappa shape index (κ1) is 20.0. The maximum absolute atomic E-state index is 11.9. The van der Waals surface area contributed by atoms with Gasteiger partial charge in [0, 0.05) is 18.2 Å². The van der Waals surface area contributed by atoms with Gasteiger partial charge in [-0.05, 0) is 37.0 Å². The number of carbonyl (C=O) groups is 1. The fourth-order valence-corrected chi connectivity index (χ4v) is 4.05. The monoisotopic (exact) mass is 385 g/mol. The van der Waals surface area contributed by atoms with Crippen LogP contribution in [0.3, 0.4) is 0 Å². The highest BCUT2D eigenvalue weighted by molar-refractivity contribution is 5.74. The third kappa shape index (κ3) is 3.64. The molecule has 0 amide bonds. The molecule has 0 spiro atoms. The van der Waals surface area contributed by atoms with Crippen molar-refractivity contribution < 1.29 is 24.1 Å². The van der Waals surface area contributed by atoms with E-state index in [0.717, 1.165) is 23.1 Å². The Bertz CT molecular complexity index is 851. The summed E-state index contributed by atoms with van der Waals surface area (Å²) in [6.45, 7) is 2.74. The minimum Gasteiger partial charge on any atom is -0.496 e. The van der Waals surface area contributed by atoms with Crippen LogP contribution in [0.15, 0.2) is 36.4 Å². The first-order valence-electron chi connectivity index (χ1n) is 9.35. The molecule has 6 nitrogen and oxygen atoms in total. The van der Waals surface area contributed by atoms with Gasteiger partial charge in [-0.15, -0.1) is 0 Å². The molecule has 3 rings (SSSR count). The normalized spacial score (nSPS) is 17.9. The van der Waals surface area contributed by atoms with Gasteiger partial charge >= 0.3 is 5.97 Å². The second kappa shape index (κ2) is 8.52. The van der Waals surface area contributed by atoms with Crippen molar-refractivity contribution in [1.82, 2.24) is 4.90 Å². The maximum atomic E-state index is 11.9. The van der Waals surface area contributed by atoms with Gasteiger partial charge in [-0.3, -0.25) is 9.69 Å². The second-order valence-electron chi connectivity index (χ2n) is 6.94. The molecule has 0 aliphatic carbocycles. The van der Waals surface area contributed by atoms with Crippen molar-refractivity contribution in [3.63, 3.8) is 0 Å². The number of aryl methyl sites for hydroxylation is 1. The maximum Gasteiger partial charge on any atom is 0.320 e. The Labute approximate surface area is 165 Å². The van der Waals surface area contributed by atoms with E-state index < -0.39 is 12.0 Å². The second-order valence-corrected chi connectivity index (χ2v) is 6.94. The third-order valence-electron chi connectivity index (χ3n) is 5.42. The molecule has 1 aliphatic heterocycles. The largest absolute Gasteiger partial charge is 0.496 e.